The zero-order valence-corrected chi connectivity index (χ0v) is 11.1. The van der Waals surface area contributed by atoms with Gasteiger partial charge in [0.25, 0.3) is 0 Å². The lowest BCUT2D eigenvalue weighted by atomic mass is 10.1. The van der Waals surface area contributed by atoms with Gasteiger partial charge < -0.3 is 10.1 Å². The first-order valence-electron chi connectivity index (χ1n) is 6.35. The van der Waals surface area contributed by atoms with Gasteiger partial charge in [-0.2, -0.15) is 0 Å². The summed E-state index contributed by atoms with van der Waals surface area (Å²) in [5.74, 6) is 0. The minimum atomic E-state index is 0.108. The molecule has 4 nitrogen and oxygen atoms in total. The van der Waals surface area contributed by atoms with E-state index >= 15 is 0 Å². The van der Waals surface area contributed by atoms with Gasteiger partial charge in [-0.1, -0.05) is 23.2 Å². The number of pyridine rings is 1. The summed E-state index contributed by atoms with van der Waals surface area (Å²) < 4.78 is 0. The van der Waals surface area contributed by atoms with Gasteiger partial charge in [0.2, 0.25) is 0 Å². The first-order valence-corrected chi connectivity index (χ1v) is 6.73. The molecular weight excluding hydrogens is 250 g/mol. The van der Waals surface area contributed by atoms with Crippen LogP contribution in [0.5, 0.6) is 0 Å². The Bertz CT molecular complexity index is 416. The highest BCUT2D eigenvalue weighted by atomic mass is 35.5. The van der Waals surface area contributed by atoms with Crippen molar-refractivity contribution in [1.29, 1.82) is 0 Å². The molecule has 0 aromatic carbocycles. The van der Waals surface area contributed by atoms with Crippen molar-refractivity contribution in [2.45, 2.75) is 25.7 Å². The molecule has 0 amide bonds. The number of aromatic nitrogens is 1. The smallest absolute Gasteiger partial charge is 0.177 e. The van der Waals surface area contributed by atoms with Crippen LogP contribution < -0.4 is 0 Å². The summed E-state index contributed by atoms with van der Waals surface area (Å²) in [5.41, 5.74) is 1.62. The second kappa shape index (κ2) is 6.71. The maximum atomic E-state index is 8.75. The molecule has 0 radical (unpaired) electrons. The number of halogens is 1. The minimum absolute atomic E-state index is 0.108. The van der Waals surface area contributed by atoms with Crippen LogP contribution in [0.4, 0.5) is 0 Å². The summed E-state index contributed by atoms with van der Waals surface area (Å²) in [4.78, 5) is 6.78. The van der Waals surface area contributed by atoms with Crippen LogP contribution in [-0.2, 0) is 6.42 Å². The fourth-order valence-electron chi connectivity index (χ4n) is 2.33. The van der Waals surface area contributed by atoms with E-state index in [1.54, 1.807) is 12.3 Å². The molecule has 0 aliphatic carbocycles. The fraction of sp³-hybridized carbons (Fsp3) is 0.538. The summed E-state index contributed by atoms with van der Waals surface area (Å²) in [6.07, 6.45) is 6.49. The second-order valence-corrected chi connectivity index (χ2v) is 4.90. The van der Waals surface area contributed by atoms with Gasteiger partial charge >= 0.3 is 0 Å². The van der Waals surface area contributed by atoms with Gasteiger partial charge in [0, 0.05) is 24.7 Å². The second-order valence-electron chi connectivity index (χ2n) is 4.54. The lowest BCUT2D eigenvalue weighted by Gasteiger charge is -2.26. The van der Waals surface area contributed by atoms with Crippen LogP contribution in [-0.4, -0.2) is 39.9 Å². The largest absolute Gasteiger partial charge is 0.410 e. The van der Waals surface area contributed by atoms with E-state index in [1.807, 2.05) is 6.07 Å². The predicted molar refractivity (Wildman–Crippen MR) is 72.4 cm³/mol. The molecule has 0 unspecified atom stereocenters. The topological polar surface area (TPSA) is 48.7 Å². The molecule has 0 atom stereocenters. The molecular formula is C13H18ClN3O. The third-order valence-corrected chi connectivity index (χ3v) is 3.59. The average molecular weight is 268 g/mol. The Morgan fingerprint density at radius 3 is 2.89 bits per heavy atom. The zero-order valence-electron chi connectivity index (χ0n) is 10.3. The molecule has 1 N–H and O–H groups in total. The Morgan fingerprint density at radius 1 is 1.39 bits per heavy atom. The molecule has 0 saturated carbocycles. The Hall–Kier alpha value is -1.13. The lowest BCUT2D eigenvalue weighted by Crippen LogP contribution is -2.31. The number of hydrogen-bond acceptors (Lipinski definition) is 4. The van der Waals surface area contributed by atoms with E-state index < -0.39 is 0 Å². The third-order valence-electron chi connectivity index (χ3n) is 3.31. The van der Waals surface area contributed by atoms with E-state index in [0.717, 1.165) is 24.2 Å². The van der Waals surface area contributed by atoms with Crippen LogP contribution in [0.1, 0.15) is 30.5 Å². The molecule has 1 saturated heterocycles. The van der Waals surface area contributed by atoms with Gasteiger partial charge in [0.15, 0.2) is 5.17 Å². The van der Waals surface area contributed by atoms with Crippen LogP contribution in [0.2, 0.25) is 0 Å². The number of oxime groups is 1. The highest BCUT2D eigenvalue weighted by Crippen LogP contribution is 2.13. The van der Waals surface area contributed by atoms with Crippen molar-refractivity contribution in [3.8, 4) is 0 Å². The summed E-state index contributed by atoms with van der Waals surface area (Å²) >= 11 is 5.86. The van der Waals surface area contributed by atoms with Gasteiger partial charge in [-0.25, -0.2) is 0 Å². The molecule has 1 aromatic heterocycles. The number of likely N-dealkylation sites (tertiary alicyclic amines) is 1. The molecule has 2 rings (SSSR count). The Kier molecular flexibility index (Phi) is 4.96. The highest BCUT2D eigenvalue weighted by Gasteiger charge is 2.13. The number of nitrogens with zero attached hydrogens (tertiary/aromatic N) is 3. The average Bonchev–Trinajstić information content (AvgIpc) is 2.45. The zero-order chi connectivity index (χ0) is 12.8. The van der Waals surface area contributed by atoms with Crippen molar-refractivity contribution in [2.75, 3.05) is 19.6 Å². The molecule has 1 fully saturated rings. The SMILES string of the molecule is ON=C(Cl)c1cccnc1CCN1CCCCC1. The van der Waals surface area contributed by atoms with Crippen molar-refractivity contribution in [1.82, 2.24) is 9.88 Å². The summed E-state index contributed by atoms with van der Waals surface area (Å²) in [7, 11) is 0. The maximum Gasteiger partial charge on any atom is 0.177 e. The molecule has 1 aromatic rings. The number of hydrogen-bond donors (Lipinski definition) is 1. The van der Waals surface area contributed by atoms with Crippen LogP contribution in [0, 0.1) is 0 Å². The molecule has 1 aliphatic rings. The van der Waals surface area contributed by atoms with E-state index in [0.29, 0.717) is 0 Å². The van der Waals surface area contributed by atoms with Gasteiger partial charge in [-0.05, 0) is 38.1 Å². The molecule has 0 bridgehead atoms. The maximum absolute atomic E-state index is 8.75. The van der Waals surface area contributed by atoms with E-state index in [9.17, 15) is 0 Å². The summed E-state index contributed by atoms with van der Waals surface area (Å²) in [6, 6.07) is 3.63. The van der Waals surface area contributed by atoms with Crippen molar-refractivity contribution in [3.63, 3.8) is 0 Å². The van der Waals surface area contributed by atoms with Crippen molar-refractivity contribution in [3.05, 3.63) is 29.6 Å². The lowest BCUT2D eigenvalue weighted by molar-refractivity contribution is 0.231. The molecule has 1 aliphatic heterocycles. The van der Waals surface area contributed by atoms with E-state index in [2.05, 4.69) is 15.0 Å². The van der Waals surface area contributed by atoms with Gasteiger partial charge in [0.05, 0.1) is 5.69 Å². The van der Waals surface area contributed by atoms with E-state index in [-0.39, 0.29) is 5.17 Å². The third kappa shape index (κ3) is 3.43. The van der Waals surface area contributed by atoms with Crippen molar-refractivity contribution in [2.24, 2.45) is 5.16 Å². The Labute approximate surface area is 112 Å². The van der Waals surface area contributed by atoms with E-state index in [1.165, 1.54) is 32.4 Å². The molecule has 2 heterocycles. The molecule has 98 valence electrons. The number of rotatable bonds is 4. The molecule has 5 heteroatoms. The van der Waals surface area contributed by atoms with Crippen LogP contribution in [0.15, 0.2) is 23.5 Å². The first kappa shape index (κ1) is 13.3. The van der Waals surface area contributed by atoms with Gasteiger partial charge in [0.1, 0.15) is 0 Å². The minimum Gasteiger partial charge on any atom is -0.410 e. The van der Waals surface area contributed by atoms with Gasteiger partial charge in [-0.15, -0.1) is 0 Å². The monoisotopic (exact) mass is 267 g/mol. The predicted octanol–water partition coefficient (Wildman–Crippen LogP) is 2.48. The van der Waals surface area contributed by atoms with Crippen LogP contribution in [0.3, 0.4) is 0 Å². The van der Waals surface area contributed by atoms with E-state index in [4.69, 9.17) is 16.8 Å². The van der Waals surface area contributed by atoms with Gasteiger partial charge in [-0.3, -0.25) is 4.98 Å². The standard InChI is InChI=1S/C13H18ClN3O/c14-13(16-18)11-5-4-7-15-12(11)6-10-17-8-2-1-3-9-17/h4-5,7,18H,1-3,6,8-10H2. The number of piperidine rings is 1. The van der Waals surface area contributed by atoms with Crippen LogP contribution in [0.25, 0.3) is 0 Å². The fourth-order valence-corrected chi connectivity index (χ4v) is 2.50. The van der Waals surface area contributed by atoms with Crippen molar-refractivity contribution < 1.29 is 5.21 Å². The first-order chi connectivity index (χ1) is 8.81. The quantitative estimate of drug-likeness (QED) is 0.518. The van der Waals surface area contributed by atoms with Crippen LogP contribution >= 0.6 is 11.6 Å². The molecule has 18 heavy (non-hydrogen) atoms. The Morgan fingerprint density at radius 2 is 2.17 bits per heavy atom. The van der Waals surface area contributed by atoms with Crippen molar-refractivity contribution >= 4 is 16.8 Å². The normalized spacial score (nSPS) is 17.9. The Balaban J connectivity index is 2.00. The summed E-state index contributed by atoms with van der Waals surface area (Å²) in [5, 5.41) is 11.9. The summed E-state index contributed by atoms with van der Waals surface area (Å²) in [6.45, 7) is 3.33. The highest BCUT2D eigenvalue weighted by molar-refractivity contribution is 6.69. The molecule has 0 spiro atoms.